The van der Waals surface area contributed by atoms with E-state index in [1.165, 1.54) is 12.8 Å². The summed E-state index contributed by atoms with van der Waals surface area (Å²) in [4.78, 5) is 2.60. The first kappa shape index (κ1) is 16.9. The van der Waals surface area contributed by atoms with Crippen molar-refractivity contribution in [3.8, 4) is 0 Å². The van der Waals surface area contributed by atoms with E-state index in [1.807, 2.05) is 0 Å². The van der Waals surface area contributed by atoms with E-state index >= 15 is 0 Å². The van der Waals surface area contributed by atoms with E-state index in [0.29, 0.717) is 24.1 Å². The zero-order valence-electron chi connectivity index (χ0n) is 12.2. The molecule has 1 aliphatic rings. The van der Waals surface area contributed by atoms with E-state index in [4.69, 9.17) is 18.0 Å². The van der Waals surface area contributed by atoms with Crippen molar-refractivity contribution in [2.75, 3.05) is 18.8 Å². The molecule has 0 spiro atoms. The third kappa shape index (κ3) is 5.00. The van der Waals surface area contributed by atoms with Gasteiger partial charge in [0.1, 0.15) is 0 Å². The lowest BCUT2D eigenvalue weighted by Crippen LogP contribution is -2.43. The van der Waals surface area contributed by atoms with Crippen LogP contribution in [0.15, 0.2) is 0 Å². The Morgan fingerprint density at radius 2 is 1.84 bits per heavy atom. The van der Waals surface area contributed by atoms with Crippen molar-refractivity contribution in [2.24, 2.45) is 5.73 Å². The van der Waals surface area contributed by atoms with Crippen molar-refractivity contribution in [3.05, 3.63) is 0 Å². The smallest absolute Gasteiger partial charge is 0.156 e. The highest BCUT2D eigenvalue weighted by atomic mass is 32.2. The van der Waals surface area contributed by atoms with Crippen LogP contribution in [0.2, 0.25) is 0 Å². The molecule has 1 rings (SSSR count). The van der Waals surface area contributed by atoms with Crippen molar-refractivity contribution in [2.45, 2.75) is 57.2 Å². The molecule has 0 unspecified atom stereocenters. The lowest BCUT2D eigenvalue weighted by molar-refractivity contribution is 0.240. The predicted molar refractivity (Wildman–Crippen MR) is 84.2 cm³/mol. The van der Waals surface area contributed by atoms with Gasteiger partial charge in [0.25, 0.3) is 0 Å². The van der Waals surface area contributed by atoms with Crippen LogP contribution in [0.25, 0.3) is 0 Å². The first-order valence-corrected chi connectivity index (χ1v) is 8.94. The molecule has 1 fully saturated rings. The zero-order valence-corrected chi connectivity index (χ0v) is 13.8. The molecule has 0 saturated heterocycles. The Hall–Kier alpha value is -0.200. The summed E-state index contributed by atoms with van der Waals surface area (Å²) < 4.78 is 23.6. The predicted octanol–water partition coefficient (Wildman–Crippen LogP) is 1.73. The Kier molecular flexibility index (Phi) is 5.77. The average Bonchev–Trinajstić information content (AvgIpc) is 2.75. The van der Waals surface area contributed by atoms with Crippen LogP contribution in [-0.4, -0.2) is 47.9 Å². The van der Waals surface area contributed by atoms with Crippen molar-refractivity contribution < 1.29 is 8.42 Å². The Labute approximate surface area is 122 Å². The monoisotopic (exact) mass is 306 g/mol. The lowest BCUT2D eigenvalue weighted by Gasteiger charge is -2.29. The van der Waals surface area contributed by atoms with Gasteiger partial charge in [-0.1, -0.05) is 25.1 Å². The van der Waals surface area contributed by atoms with Crippen LogP contribution in [0, 0.1) is 0 Å². The molecule has 112 valence electrons. The van der Waals surface area contributed by atoms with E-state index in [-0.39, 0.29) is 5.75 Å². The third-order valence-electron chi connectivity index (χ3n) is 3.78. The van der Waals surface area contributed by atoms with Gasteiger partial charge in [0.2, 0.25) is 0 Å². The molecule has 0 heterocycles. The molecule has 2 N–H and O–H groups in total. The Balaban J connectivity index is 2.65. The second-order valence-corrected chi connectivity index (χ2v) is 9.69. The highest BCUT2D eigenvalue weighted by molar-refractivity contribution is 7.92. The van der Waals surface area contributed by atoms with Crippen molar-refractivity contribution in [1.29, 1.82) is 0 Å². The van der Waals surface area contributed by atoms with Gasteiger partial charge in [0, 0.05) is 19.1 Å². The van der Waals surface area contributed by atoms with Crippen LogP contribution >= 0.6 is 12.2 Å². The van der Waals surface area contributed by atoms with Gasteiger partial charge >= 0.3 is 0 Å². The van der Waals surface area contributed by atoms with Crippen molar-refractivity contribution in [3.63, 3.8) is 0 Å². The van der Waals surface area contributed by atoms with Gasteiger partial charge in [-0.15, -0.1) is 0 Å². The quantitative estimate of drug-likeness (QED) is 0.757. The topological polar surface area (TPSA) is 63.4 Å². The van der Waals surface area contributed by atoms with Gasteiger partial charge in [-0.05, 0) is 33.6 Å². The lowest BCUT2D eigenvalue weighted by atomic mass is 10.2. The summed E-state index contributed by atoms with van der Waals surface area (Å²) in [5.41, 5.74) is 5.63. The van der Waals surface area contributed by atoms with Crippen LogP contribution in [0.3, 0.4) is 0 Å². The summed E-state index contributed by atoms with van der Waals surface area (Å²) in [7, 11) is -3.08. The second-order valence-electron chi connectivity index (χ2n) is 6.31. The van der Waals surface area contributed by atoms with Gasteiger partial charge in [0.15, 0.2) is 9.84 Å². The Morgan fingerprint density at radius 1 is 1.32 bits per heavy atom. The molecule has 0 aromatic carbocycles. The molecule has 6 heteroatoms. The van der Waals surface area contributed by atoms with E-state index in [9.17, 15) is 8.42 Å². The highest BCUT2D eigenvalue weighted by Crippen LogP contribution is 2.24. The standard InChI is InChI=1S/C13H26N2O2S2/c1-13(2,3)19(16,17)9-8-15(10-12(14)18)11-6-4-5-7-11/h11H,4-10H2,1-3H3,(H2,14,18). The number of hydrogen-bond acceptors (Lipinski definition) is 4. The maximum Gasteiger partial charge on any atom is 0.156 e. The molecule has 4 nitrogen and oxygen atoms in total. The molecule has 0 aliphatic heterocycles. The normalized spacial score (nSPS) is 18.1. The van der Waals surface area contributed by atoms with E-state index < -0.39 is 14.6 Å². The summed E-state index contributed by atoms with van der Waals surface area (Å²) in [5.74, 6) is 0.176. The first-order chi connectivity index (χ1) is 8.63. The molecule has 0 bridgehead atoms. The zero-order chi connectivity index (χ0) is 14.7. The van der Waals surface area contributed by atoms with Gasteiger partial charge in [-0.25, -0.2) is 8.42 Å². The number of nitrogens with two attached hydrogens (primary N) is 1. The minimum absolute atomic E-state index is 0.176. The second kappa shape index (κ2) is 6.50. The number of nitrogens with zero attached hydrogens (tertiary/aromatic N) is 1. The number of rotatable bonds is 6. The SMILES string of the molecule is CC(C)(C)S(=O)(=O)CCN(CC(N)=S)C1CCCC1. The summed E-state index contributed by atoms with van der Waals surface area (Å²) in [6, 6.07) is 0.441. The minimum Gasteiger partial charge on any atom is -0.392 e. The van der Waals surface area contributed by atoms with Crippen molar-refractivity contribution in [1.82, 2.24) is 4.90 Å². The number of thiocarbonyl (C=S) groups is 1. The van der Waals surface area contributed by atoms with Crippen LogP contribution in [0.4, 0.5) is 0 Å². The van der Waals surface area contributed by atoms with Crippen molar-refractivity contribution >= 4 is 27.0 Å². The summed E-state index contributed by atoms with van der Waals surface area (Å²) in [6.07, 6.45) is 4.67. The Bertz CT molecular complexity index is 407. The summed E-state index contributed by atoms with van der Waals surface area (Å²) in [6.45, 7) is 6.29. The molecule has 19 heavy (non-hydrogen) atoms. The van der Waals surface area contributed by atoms with Crippen LogP contribution in [0.5, 0.6) is 0 Å². The first-order valence-electron chi connectivity index (χ1n) is 6.88. The minimum atomic E-state index is -3.08. The molecule has 0 atom stereocenters. The fraction of sp³-hybridized carbons (Fsp3) is 0.923. The molecular weight excluding hydrogens is 280 g/mol. The van der Waals surface area contributed by atoms with Crippen LogP contribution in [-0.2, 0) is 9.84 Å². The maximum atomic E-state index is 12.2. The van der Waals surface area contributed by atoms with Gasteiger partial charge in [-0.3, -0.25) is 4.90 Å². The molecule has 0 amide bonds. The van der Waals surface area contributed by atoms with E-state index in [1.54, 1.807) is 20.8 Å². The molecule has 1 saturated carbocycles. The van der Waals surface area contributed by atoms with Crippen LogP contribution in [0.1, 0.15) is 46.5 Å². The van der Waals surface area contributed by atoms with Gasteiger partial charge < -0.3 is 5.73 Å². The summed E-state index contributed by atoms with van der Waals surface area (Å²) in [5, 5.41) is 0. The fourth-order valence-corrected chi connectivity index (χ4v) is 3.66. The fourth-order valence-electron chi connectivity index (χ4n) is 2.40. The summed E-state index contributed by atoms with van der Waals surface area (Å²) >= 11 is 4.97. The molecule has 0 aromatic heterocycles. The highest BCUT2D eigenvalue weighted by Gasteiger charge is 2.31. The third-order valence-corrected chi connectivity index (χ3v) is 6.50. The maximum absolute atomic E-state index is 12.2. The average molecular weight is 306 g/mol. The molecule has 1 aliphatic carbocycles. The number of hydrogen-bond donors (Lipinski definition) is 1. The Morgan fingerprint density at radius 3 is 2.26 bits per heavy atom. The van der Waals surface area contributed by atoms with Gasteiger partial charge in [0.05, 0.1) is 15.5 Å². The largest absolute Gasteiger partial charge is 0.392 e. The molecular formula is C13H26N2O2S2. The van der Waals surface area contributed by atoms with E-state index in [2.05, 4.69) is 4.90 Å². The van der Waals surface area contributed by atoms with E-state index in [0.717, 1.165) is 12.8 Å². The number of sulfone groups is 1. The van der Waals surface area contributed by atoms with Gasteiger partial charge in [-0.2, -0.15) is 0 Å². The van der Waals surface area contributed by atoms with Crippen LogP contribution < -0.4 is 5.73 Å². The molecule has 0 radical (unpaired) electrons. The molecule has 0 aromatic rings.